The fraction of sp³-hybridized carbons (Fsp3) is 0.200. The van der Waals surface area contributed by atoms with Crippen molar-refractivity contribution in [2.45, 2.75) is 19.9 Å². The number of hydrogen-bond acceptors (Lipinski definition) is 3. The van der Waals surface area contributed by atoms with Crippen LogP contribution in [0, 0.1) is 0 Å². The summed E-state index contributed by atoms with van der Waals surface area (Å²) in [5.41, 5.74) is 1.81. The molecule has 110 valence electrons. The van der Waals surface area contributed by atoms with Gasteiger partial charge in [0.1, 0.15) is 5.82 Å². The van der Waals surface area contributed by atoms with E-state index in [1.807, 2.05) is 44.2 Å². The summed E-state index contributed by atoms with van der Waals surface area (Å²) in [5.74, 6) is 0.507. The van der Waals surface area contributed by atoms with Crippen LogP contribution in [-0.4, -0.2) is 17.1 Å². The molecular formula is C15H17BrN4O. The van der Waals surface area contributed by atoms with E-state index < -0.39 is 0 Å². The van der Waals surface area contributed by atoms with E-state index in [1.54, 1.807) is 12.3 Å². The Labute approximate surface area is 132 Å². The average molecular weight is 349 g/mol. The number of hydrogen-bond donors (Lipinski definition) is 3. The van der Waals surface area contributed by atoms with Crippen LogP contribution in [0.2, 0.25) is 0 Å². The Balaban J connectivity index is 1.97. The Morgan fingerprint density at radius 3 is 2.62 bits per heavy atom. The molecule has 0 aliphatic carbocycles. The number of carbonyl (C=O) groups is 1. The highest BCUT2D eigenvalue weighted by molar-refractivity contribution is 9.10. The van der Waals surface area contributed by atoms with E-state index in [2.05, 4.69) is 36.9 Å². The third-order valence-electron chi connectivity index (χ3n) is 2.54. The standard InChI is InChI=1S/C15H17BrN4O/c1-10(2)18-15(21)20-14-7-6-13(9-17-14)19-12-5-3-4-11(16)8-12/h3-10,19H,1-2H3,(H2,17,18,20,21). The van der Waals surface area contributed by atoms with Crippen molar-refractivity contribution >= 4 is 39.2 Å². The molecule has 0 aliphatic rings. The molecule has 2 aromatic rings. The van der Waals surface area contributed by atoms with Crippen molar-refractivity contribution in [3.8, 4) is 0 Å². The number of nitrogens with zero attached hydrogens (tertiary/aromatic N) is 1. The van der Waals surface area contributed by atoms with Crippen molar-refractivity contribution in [1.29, 1.82) is 0 Å². The third kappa shape index (κ3) is 5.07. The van der Waals surface area contributed by atoms with Crippen LogP contribution in [0.5, 0.6) is 0 Å². The molecule has 21 heavy (non-hydrogen) atoms. The van der Waals surface area contributed by atoms with Gasteiger partial charge in [-0.1, -0.05) is 22.0 Å². The van der Waals surface area contributed by atoms with Gasteiger partial charge >= 0.3 is 6.03 Å². The zero-order valence-electron chi connectivity index (χ0n) is 11.9. The predicted octanol–water partition coefficient (Wildman–Crippen LogP) is 4.12. The second-order valence-electron chi connectivity index (χ2n) is 4.82. The van der Waals surface area contributed by atoms with E-state index in [-0.39, 0.29) is 12.1 Å². The van der Waals surface area contributed by atoms with E-state index in [0.717, 1.165) is 15.8 Å². The van der Waals surface area contributed by atoms with Crippen LogP contribution < -0.4 is 16.0 Å². The fourth-order valence-corrected chi connectivity index (χ4v) is 2.09. The zero-order chi connectivity index (χ0) is 15.2. The summed E-state index contributed by atoms with van der Waals surface area (Å²) in [6.07, 6.45) is 1.67. The van der Waals surface area contributed by atoms with E-state index in [9.17, 15) is 4.79 Å². The quantitative estimate of drug-likeness (QED) is 0.778. The molecule has 0 spiro atoms. The van der Waals surface area contributed by atoms with Crippen LogP contribution in [0.1, 0.15) is 13.8 Å². The summed E-state index contributed by atoms with van der Waals surface area (Å²) in [6, 6.07) is 11.3. The highest BCUT2D eigenvalue weighted by atomic mass is 79.9. The number of aromatic nitrogens is 1. The fourth-order valence-electron chi connectivity index (χ4n) is 1.69. The molecule has 0 bridgehead atoms. The lowest BCUT2D eigenvalue weighted by atomic mass is 10.3. The molecule has 2 rings (SSSR count). The predicted molar refractivity (Wildman–Crippen MR) is 89.0 cm³/mol. The lowest BCUT2D eigenvalue weighted by Crippen LogP contribution is -2.34. The minimum absolute atomic E-state index is 0.0856. The number of rotatable bonds is 4. The Kier molecular flexibility index (Phi) is 5.16. The molecule has 1 heterocycles. The largest absolute Gasteiger partial charge is 0.354 e. The number of nitrogens with one attached hydrogen (secondary N) is 3. The van der Waals surface area contributed by atoms with Gasteiger partial charge in [0.2, 0.25) is 0 Å². The van der Waals surface area contributed by atoms with Gasteiger partial charge in [0.15, 0.2) is 0 Å². The topological polar surface area (TPSA) is 66.1 Å². The lowest BCUT2D eigenvalue weighted by Gasteiger charge is -2.10. The number of pyridine rings is 1. The Morgan fingerprint density at radius 1 is 1.19 bits per heavy atom. The van der Waals surface area contributed by atoms with Gasteiger partial charge in [0, 0.05) is 16.2 Å². The van der Waals surface area contributed by atoms with Gasteiger partial charge in [-0.25, -0.2) is 9.78 Å². The number of urea groups is 1. The van der Waals surface area contributed by atoms with Crippen LogP contribution in [0.15, 0.2) is 47.1 Å². The zero-order valence-corrected chi connectivity index (χ0v) is 13.4. The molecule has 0 aliphatic heterocycles. The summed E-state index contributed by atoms with van der Waals surface area (Å²) < 4.78 is 1.00. The van der Waals surface area contributed by atoms with E-state index in [1.165, 1.54) is 0 Å². The molecule has 2 amide bonds. The molecule has 0 radical (unpaired) electrons. The number of benzene rings is 1. The molecule has 0 saturated carbocycles. The van der Waals surface area contributed by atoms with Gasteiger partial charge in [-0.3, -0.25) is 5.32 Å². The van der Waals surface area contributed by atoms with Gasteiger partial charge in [-0.15, -0.1) is 0 Å². The first-order valence-electron chi connectivity index (χ1n) is 6.59. The van der Waals surface area contributed by atoms with Crippen molar-refractivity contribution in [2.75, 3.05) is 10.6 Å². The SMILES string of the molecule is CC(C)NC(=O)Nc1ccc(Nc2cccc(Br)c2)cn1. The van der Waals surface area contributed by atoms with Gasteiger partial charge in [0.05, 0.1) is 11.9 Å². The monoisotopic (exact) mass is 348 g/mol. The summed E-state index contributed by atoms with van der Waals surface area (Å²) in [7, 11) is 0. The smallest absolute Gasteiger partial charge is 0.320 e. The molecule has 1 aromatic carbocycles. The normalized spacial score (nSPS) is 10.3. The van der Waals surface area contributed by atoms with Crippen molar-refractivity contribution in [1.82, 2.24) is 10.3 Å². The van der Waals surface area contributed by atoms with Gasteiger partial charge < -0.3 is 10.6 Å². The molecule has 0 unspecified atom stereocenters. The summed E-state index contributed by atoms with van der Waals surface area (Å²) in [6.45, 7) is 3.80. The molecule has 3 N–H and O–H groups in total. The second kappa shape index (κ2) is 7.08. The van der Waals surface area contributed by atoms with E-state index >= 15 is 0 Å². The van der Waals surface area contributed by atoms with Gasteiger partial charge in [0.25, 0.3) is 0 Å². The number of carbonyl (C=O) groups excluding carboxylic acids is 1. The maximum absolute atomic E-state index is 11.6. The molecule has 6 heteroatoms. The van der Waals surface area contributed by atoms with E-state index in [0.29, 0.717) is 5.82 Å². The van der Waals surface area contributed by atoms with Crippen LogP contribution in [0.25, 0.3) is 0 Å². The van der Waals surface area contributed by atoms with Crippen LogP contribution in [0.4, 0.5) is 22.0 Å². The maximum atomic E-state index is 11.6. The molecular weight excluding hydrogens is 332 g/mol. The third-order valence-corrected chi connectivity index (χ3v) is 3.03. The number of amides is 2. The van der Waals surface area contributed by atoms with Gasteiger partial charge in [-0.05, 0) is 44.2 Å². The maximum Gasteiger partial charge on any atom is 0.320 e. The van der Waals surface area contributed by atoms with Crippen LogP contribution in [-0.2, 0) is 0 Å². The van der Waals surface area contributed by atoms with Crippen LogP contribution in [0.3, 0.4) is 0 Å². The van der Waals surface area contributed by atoms with Crippen LogP contribution >= 0.6 is 15.9 Å². The number of halogens is 1. The first-order valence-corrected chi connectivity index (χ1v) is 7.38. The van der Waals surface area contributed by atoms with Crippen molar-refractivity contribution in [3.05, 3.63) is 47.1 Å². The highest BCUT2D eigenvalue weighted by Gasteiger charge is 2.04. The first-order chi connectivity index (χ1) is 10.0. The van der Waals surface area contributed by atoms with Crippen molar-refractivity contribution in [3.63, 3.8) is 0 Å². The second-order valence-corrected chi connectivity index (χ2v) is 5.74. The average Bonchev–Trinajstić information content (AvgIpc) is 2.40. The van der Waals surface area contributed by atoms with Crippen molar-refractivity contribution < 1.29 is 4.79 Å². The number of anilines is 3. The first kappa shape index (κ1) is 15.3. The van der Waals surface area contributed by atoms with E-state index in [4.69, 9.17) is 0 Å². The molecule has 0 fully saturated rings. The molecule has 0 saturated heterocycles. The van der Waals surface area contributed by atoms with Gasteiger partial charge in [-0.2, -0.15) is 0 Å². The summed E-state index contributed by atoms with van der Waals surface area (Å²) in [4.78, 5) is 15.8. The minimum Gasteiger partial charge on any atom is -0.354 e. The summed E-state index contributed by atoms with van der Waals surface area (Å²) in [5, 5.41) is 8.65. The highest BCUT2D eigenvalue weighted by Crippen LogP contribution is 2.20. The Bertz CT molecular complexity index is 613. The summed E-state index contributed by atoms with van der Waals surface area (Å²) >= 11 is 3.42. The molecule has 5 nitrogen and oxygen atoms in total. The Hall–Kier alpha value is -2.08. The molecule has 0 atom stereocenters. The minimum atomic E-state index is -0.259. The molecule has 1 aromatic heterocycles. The Morgan fingerprint density at radius 2 is 2.00 bits per heavy atom. The van der Waals surface area contributed by atoms with Crippen molar-refractivity contribution in [2.24, 2.45) is 0 Å². The lowest BCUT2D eigenvalue weighted by molar-refractivity contribution is 0.250.